The van der Waals surface area contributed by atoms with E-state index in [1.54, 1.807) is 42.5 Å². The standard InChI is InChI=1S/C23H18Cl3NO3S/c24-16-9-7-15(8-10-16)11-12-30-13-18(23(28)29)21-6-1-3-17(27-21)14-31-22-19(25)4-2-5-20(22)26/h1-10,13H,11-12,14H2,(H,28,29). The summed E-state index contributed by atoms with van der Waals surface area (Å²) in [5, 5.41) is 11.4. The van der Waals surface area contributed by atoms with Gasteiger partial charge in [-0.2, -0.15) is 0 Å². The molecule has 8 heteroatoms. The molecule has 160 valence electrons. The maximum atomic E-state index is 11.7. The highest BCUT2D eigenvalue weighted by atomic mass is 35.5. The van der Waals surface area contributed by atoms with Crippen molar-refractivity contribution in [1.29, 1.82) is 0 Å². The number of carbonyl (C=O) groups is 1. The van der Waals surface area contributed by atoms with Gasteiger partial charge in [-0.3, -0.25) is 4.98 Å². The lowest BCUT2D eigenvalue weighted by Gasteiger charge is -2.08. The second-order valence-electron chi connectivity index (χ2n) is 6.44. The summed E-state index contributed by atoms with van der Waals surface area (Å²) in [4.78, 5) is 17.0. The van der Waals surface area contributed by atoms with E-state index in [4.69, 9.17) is 39.5 Å². The first-order chi connectivity index (χ1) is 14.9. The first-order valence-electron chi connectivity index (χ1n) is 9.26. The number of nitrogens with zero attached hydrogens (tertiary/aromatic N) is 1. The smallest absolute Gasteiger partial charge is 0.341 e. The van der Waals surface area contributed by atoms with E-state index in [1.807, 2.05) is 18.2 Å². The van der Waals surface area contributed by atoms with Crippen LogP contribution in [-0.4, -0.2) is 22.7 Å². The monoisotopic (exact) mass is 493 g/mol. The van der Waals surface area contributed by atoms with Gasteiger partial charge >= 0.3 is 5.97 Å². The molecule has 0 aliphatic rings. The topological polar surface area (TPSA) is 59.4 Å². The summed E-state index contributed by atoms with van der Waals surface area (Å²) in [6, 6.07) is 18.0. The maximum absolute atomic E-state index is 11.7. The molecule has 0 bridgehead atoms. The Morgan fingerprint density at radius 2 is 1.68 bits per heavy atom. The van der Waals surface area contributed by atoms with Gasteiger partial charge in [-0.25, -0.2) is 4.79 Å². The summed E-state index contributed by atoms with van der Waals surface area (Å²) in [6.07, 6.45) is 1.87. The van der Waals surface area contributed by atoms with E-state index in [-0.39, 0.29) is 5.57 Å². The van der Waals surface area contributed by atoms with Crippen molar-refractivity contribution in [3.8, 4) is 0 Å². The maximum Gasteiger partial charge on any atom is 0.341 e. The number of carboxylic acids is 1. The van der Waals surface area contributed by atoms with Crippen molar-refractivity contribution in [1.82, 2.24) is 4.98 Å². The molecule has 0 saturated carbocycles. The molecule has 2 aromatic carbocycles. The van der Waals surface area contributed by atoms with Crippen LogP contribution in [0.5, 0.6) is 0 Å². The molecule has 1 heterocycles. The van der Waals surface area contributed by atoms with E-state index >= 15 is 0 Å². The zero-order valence-corrected chi connectivity index (χ0v) is 19.3. The first-order valence-corrected chi connectivity index (χ1v) is 11.4. The molecule has 0 spiro atoms. The minimum absolute atomic E-state index is 0.0151. The molecule has 0 saturated heterocycles. The Kier molecular flexibility index (Phi) is 8.67. The summed E-state index contributed by atoms with van der Waals surface area (Å²) in [5.74, 6) is -0.625. The van der Waals surface area contributed by atoms with Crippen molar-refractivity contribution in [3.63, 3.8) is 0 Å². The van der Waals surface area contributed by atoms with Crippen LogP contribution in [0.4, 0.5) is 0 Å². The number of halogens is 3. The number of ether oxygens (including phenoxy) is 1. The summed E-state index contributed by atoms with van der Waals surface area (Å²) >= 11 is 19.7. The highest BCUT2D eigenvalue weighted by Crippen LogP contribution is 2.35. The van der Waals surface area contributed by atoms with Crippen LogP contribution in [-0.2, 0) is 21.7 Å². The van der Waals surface area contributed by atoms with Gasteiger partial charge in [0.15, 0.2) is 0 Å². The van der Waals surface area contributed by atoms with Crippen molar-refractivity contribution in [2.24, 2.45) is 0 Å². The minimum Gasteiger partial charge on any atom is -0.500 e. The predicted octanol–water partition coefficient (Wildman–Crippen LogP) is 7.02. The molecule has 3 rings (SSSR count). The van der Waals surface area contributed by atoms with Crippen molar-refractivity contribution in [2.75, 3.05) is 6.61 Å². The number of aromatic nitrogens is 1. The average Bonchev–Trinajstić information content (AvgIpc) is 2.74. The Bertz CT molecular complexity index is 1070. The van der Waals surface area contributed by atoms with Gasteiger partial charge in [-0.1, -0.05) is 59.1 Å². The third kappa shape index (κ3) is 6.91. The van der Waals surface area contributed by atoms with E-state index < -0.39 is 5.97 Å². The van der Waals surface area contributed by atoms with Crippen LogP contribution in [0, 0.1) is 0 Å². The zero-order chi connectivity index (χ0) is 22.2. The molecular weight excluding hydrogens is 477 g/mol. The zero-order valence-electron chi connectivity index (χ0n) is 16.2. The van der Waals surface area contributed by atoms with Gasteiger partial charge in [0.05, 0.1) is 34.3 Å². The van der Waals surface area contributed by atoms with Crippen molar-refractivity contribution < 1.29 is 14.6 Å². The van der Waals surface area contributed by atoms with Crippen LogP contribution in [0.15, 0.2) is 71.8 Å². The van der Waals surface area contributed by atoms with E-state index in [1.165, 1.54) is 18.0 Å². The summed E-state index contributed by atoms with van der Waals surface area (Å²) < 4.78 is 5.49. The van der Waals surface area contributed by atoms with E-state index in [2.05, 4.69) is 4.98 Å². The Balaban J connectivity index is 1.66. The summed E-state index contributed by atoms with van der Waals surface area (Å²) in [7, 11) is 0. The lowest BCUT2D eigenvalue weighted by molar-refractivity contribution is -0.130. The lowest BCUT2D eigenvalue weighted by Crippen LogP contribution is -2.05. The predicted molar refractivity (Wildman–Crippen MR) is 127 cm³/mol. The molecule has 0 fully saturated rings. The average molecular weight is 495 g/mol. The fourth-order valence-electron chi connectivity index (χ4n) is 2.67. The number of pyridine rings is 1. The second-order valence-corrected chi connectivity index (χ2v) is 8.67. The van der Waals surface area contributed by atoms with Crippen LogP contribution >= 0.6 is 46.6 Å². The van der Waals surface area contributed by atoms with E-state index in [9.17, 15) is 9.90 Å². The van der Waals surface area contributed by atoms with Crippen molar-refractivity contribution in [2.45, 2.75) is 17.1 Å². The van der Waals surface area contributed by atoms with Crippen LogP contribution in [0.3, 0.4) is 0 Å². The Hall–Kier alpha value is -2.18. The summed E-state index contributed by atoms with van der Waals surface area (Å²) in [5.41, 5.74) is 2.05. The molecule has 31 heavy (non-hydrogen) atoms. The molecule has 1 N–H and O–H groups in total. The Labute approximate surface area is 199 Å². The Morgan fingerprint density at radius 3 is 2.35 bits per heavy atom. The molecule has 0 radical (unpaired) electrons. The number of carboxylic acid groups (broad SMARTS) is 1. The molecule has 3 aromatic rings. The highest BCUT2D eigenvalue weighted by molar-refractivity contribution is 7.98. The lowest BCUT2D eigenvalue weighted by atomic mass is 10.1. The Morgan fingerprint density at radius 1 is 1.00 bits per heavy atom. The first kappa shape index (κ1) is 23.5. The van der Waals surface area contributed by atoms with E-state index in [0.717, 1.165) is 10.5 Å². The number of hydrogen-bond donors (Lipinski definition) is 1. The third-order valence-electron chi connectivity index (χ3n) is 4.22. The van der Waals surface area contributed by atoms with Gasteiger partial charge in [0.25, 0.3) is 0 Å². The van der Waals surface area contributed by atoms with Crippen LogP contribution in [0.1, 0.15) is 17.0 Å². The molecule has 4 nitrogen and oxygen atoms in total. The largest absolute Gasteiger partial charge is 0.500 e. The van der Waals surface area contributed by atoms with Gasteiger partial charge < -0.3 is 9.84 Å². The second kappa shape index (κ2) is 11.4. The molecule has 0 amide bonds. The molecule has 1 aromatic heterocycles. The van der Waals surface area contributed by atoms with Crippen molar-refractivity contribution >= 4 is 58.1 Å². The number of thioether (sulfide) groups is 1. The number of rotatable bonds is 9. The fourth-order valence-corrected chi connectivity index (χ4v) is 4.38. The van der Waals surface area contributed by atoms with Gasteiger partial charge in [0.1, 0.15) is 5.57 Å². The molecular formula is C23H18Cl3NO3S. The number of hydrogen-bond acceptors (Lipinski definition) is 4. The molecule has 0 atom stereocenters. The fraction of sp³-hybridized carbons (Fsp3) is 0.130. The normalized spacial score (nSPS) is 11.4. The SMILES string of the molecule is O=C(O)C(=COCCc1ccc(Cl)cc1)c1cccc(CSc2c(Cl)cccc2Cl)n1. The van der Waals surface area contributed by atoms with Crippen LogP contribution < -0.4 is 0 Å². The van der Waals surface area contributed by atoms with E-state index in [0.29, 0.717) is 45.2 Å². The number of benzene rings is 2. The molecule has 0 aliphatic heterocycles. The van der Waals surface area contributed by atoms with Gasteiger partial charge in [-0.15, -0.1) is 11.8 Å². The molecule has 0 aliphatic carbocycles. The third-order valence-corrected chi connectivity index (χ3v) is 6.49. The van der Waals surface area contributed by atoms with Gasteiger partial charge in [0.2, 0.25) is 0 Å². The van der Waals surface area contributed by atoms with Crippen molar-refractivity contribution in [3.05, 3.63) is 98.9 Å². The molecule has 0 unspecified atom stereocenters. The highest BCUT2D eigenvalue weighted by Gasteiger charge is 2.14. The van der Waals surface area contributed by atoms with Gasteiger partial charge in [-0.05, 0) is 42.0 Å². The van der Waals surface area contributed by atoms with Crippen LogP contribution in [0.25, 0.3) is 5.57 Å². The van der Waals surface area contributed by atoms with Gasteiger partial charge in [0, 0.05) is 22.1 Å². The van der Waals surface area contributed by atoms with Crippen LogP contribution in [0.2, 0.25) is 15.1 Å². The minimum atomic E-state index is -1.11. The summed E-state index contributed by atoms with van der Waals surface area (Å²) in [6.45, 7) is 0.332. The quantitative estimate of drug-likeness (QED) is 0.150. The number of aliphatic carboxylic acids is 1.